The Kier molecular flexibility index (Phi) is 7.27. The van der Waals surface area contributed by atoms with E-state index in [-0.39, 0.29) is 23.8 Å². The summed E-state index contributed by atoms with van der Waals surface area (Å²) in [5.74, 6) is -0.259. The lowest BCUT2D eigenvalue weighted by Gasteiger charge is -2.26. The van der Waals surface area contributed by atoms with E-state index < -0.39 is 5.97 Å². The molecule has 0 aromatic heterocycles. The molecule has 2 aromatic carbocycles. The Morgan fingerprint density at radius 2 is 1.73 bits per heavy atom. The quantitative estimate of drug-likeness (QED) is 0.458. The number of fused-ring (bicyclic) bond motifs is 1. The highest BCUT2D eigenvalue weighted by atomic mass is 16.5. The molecule has 0 unspecified atom stereocenters. The van der Waals surface area contributed by atoms with Crippen LogP contribution in [0.1, 0.15) is 54.4 Å². The van der Waals surface area contributed by atoms with E-state index in [9.17, 15) is 14.4 Å². The minimum absolute atomic E-state index is 0.0216. The summed E-state index contributed by atoms with van der Waals surface area (Å²) in [6.45, 7) is 1.13. The third kappa shape index (κ3) is 5.72. The largest absolute Gasteiger partial charge is 0.490 e. The molecule has 0 spiro atoms. The van der Waals surface area contributed by atoms with Crippen molar-refractivity contribution in [3.63, 3.8) is 0 Å². The van der Waals surface area contributed by atoms with Crippen LogP contribution >= 0.6 is 0 Å². The van der Waals surface area contributed by atoms with Crippen molar-refractivity contribution in [3.05, 3.63) is 59.7 Å². The Balaban J connectivity index is 1.17. The number of carbonyl (C=O) groups is 3. The van der Waals surface area contributed by atoms with Gasteiger partial charge in [-0.05, 0) is 74.4 Å². The van der Waals surface area contributed by atoms with Gasteiger partial charge in [0.25, 0.3) is 0 Å². The number of carboxylic acids is 1. The maximum absolute atomic E-state index is 12.5. The van der Waals surface area contributed by atoms with Crippen molar-refractivity contribution in [1.82, 2.24) is 5.32 Å². The van der Waals surface area contributed by atoms with Gasteiger partial charge < -0.3 is 15.2 Å². The Bertz CT molecular complexity index is 996. The summed E-state index contributed by atoms with van der Waals surface area (Å²) in [6, 6.07) is 14.9. The topological polar surface area (TPSA) is 95.9 Å². The molecule has 1 saturated carbocycles. The fraction of sp³-hybridized carbons (Fsp3) is 0.423. The van der Waals surface area contributed by atoms with Crippen LogP contribution < -0.4 is 15.0 Å². The molecule has 174 valence electrons. The number of urea groups is 1. The van der Waals surface area contributed by atoms with Crippen molar-refractivity contribution < 1.29 is 24.2 Å². The lowest BCUT2D eigenvalue weighted by molar-refractivity contribution is -0.143. The molecule has 7 heteroatoms. The molecule has 1 fully saturated rings. The molecular weight excluding hydrogens is 420 g/mol. The first-order valence-corrected chi connectivity index (χ1v) is 11.7. The number of aliphatic carboxylic acids is 1. The van der Waals surface area contributed by atoms with Crippen molar-refractivity contribution in [1.29, 1.82) is 0 Å². The SMILES string of the molecule is O=C(CCCNC(=O)N1CCc2ccccc21)c1ccc(OC2CCC(C(=O)O)CC2)cc1. The van der Waals surface area contributed by atoms with Crippen LogP contribution in [-0.4, -0.2) is 42.1 Å². The number of hydrogen-bond acceptors (Lipinski definition) is 4. The van der Waals surface area contributed by atoms with Gasteiger partial charge in [0.05, 0.1) is 12.0 Å². The molecule has 2 aliphatic rings. The van der Waals surface area contributed by atoms with Gasteiger partial charge in [-0.15, -0.1) is 0 Å². The van der Waals surface area contributed by atoms with E-state index >= 15 is 0 Å². The molecule has 1 aliphatic heterocycles. The number of nitrogens with zero attached hydrogens (tertiary/aromatic N) is 1. The minimum Gasteiger partial charge on any atom is -0.490 e. The standard InChI is InChI=1S/C26H30N2O5/c29-24(6-3-16-27-26(32)28-17-15-18-4-1-2-5-23(18)28)19-7-11-21(12-8-19)33-22-13-9-20(10-14-22)25(30)31/h1-2,4-5,7-8,11-12,20,22H,3,6,9-10,13-17H2,(H,27,32)(H,30,31). The number of benzene rings is 2. The van der Waals surface area contributed by atoms with E-state index in [0.717, 1.165) is 24.9 Å². The number of Topliss-reactive ketones (excluding diaryl/α,β-unsaturated/α-hetero) is 1. The van der Waals surface area contributed by atoms with Crippen LogP contribution in [0, 0.1) is 5.92 Å². The van der Waals surface area contributed by atoms with Crippen LogP contribution in [-0.2, 0) is 11.2 Å². The lowest BCUT2D eigenvalue weighted by Crippen LogP contribution is -2.39. The number of carboxylic acid groups (broad SMARTS) is 1. The van der Waals surface area contributed by atoms with Gasteiger partial charge in [0.15, 0.2) is 5.78 Å². The minimum atomic E-state index is -0.725. The van der Waals surface area contributed by atoms with Crippen LogP contribution in [0.5, 0.6) is 5.75 Å². The highest BCUT2D eigenvalue weighted by molar-refractivity contribution is 5.96. The predicted molar refractivity (Wildman–Crippen MR) is 125 cm³/mol. The van der Waals surface area contributed by atoms with Gasteiger partial charge in [-0.2, -0.15) is 0 Å². The number of nitrogens with one attached hydrogen (secondary N) is 1. The molecule has 0 saturated heterocycles. The number of carbonyl (C=O) groups excluding carboxylic acids is 2. The second-order valence-electron chi connectivity index (χ2n) is 8.74. The number of hydrogen-bond donors (Lipinski definition) is 2. The summed E-state index contributed by atoms with van der Waals surface area (Å²) in [7, 11) is 0. The fourth-order valence-electron chi connectivity index (χ4n) is 4.57. The van der Waals surface area contributed by atoms with Crippen molar-refractivity contribution in [2.24, 2.45) is 5.92 Å². The summed E-state index contributed by atoms with van der Waals surface area (Å²) in [5.41, 5.74) is 2.77. The molecule has 2 amide bonds. The van der Waals surface area contributed by atoms with Crippen LogP contribution in [0.25, 0.3) is 0 Å². The smallest absolute Gasteiger partial charge is 0.321 e. The van der Waals surface area contributed by atoms with E-state index in [1.165, 1.54) is 5.56 Å². The zero-order chi connectivity index (χ0) is 23.2. The number of ketones is 1. The predicted octanol–water partition coefficient (Wildman–Crippen LogP) is 4.44. The zero-order valence-corrected chi connectivity index (χ0v) is 18.7. The summed E-state index contributed by atoms with van der Waals surface area (Å²) >= 11 is 0. The van der Waals surface area contributed by atoms with E-state index in [0.29, 0.717) is 50.1 Å². The number of anilines is 1. The molecule has 1 aliphatic carbocycles. The fourth-order valence-corrected chi connectivity index (χ4v) is 4.57. The molecule has 0 atom stereocenters. The van der Waals surface area contributed by atoms with Crippen molar-refractivity contribution in [2.75, 3.05) is 18.0 Å². The Labute approximate surface area is 193 Å². The molecule has 1 heterocycles. The Hall–Kier alpha value is -3.35. The number of ether oxygens (including phenoxy) is 1. The molecule has 33 heavy (non-hydrogen) atoms. The molecule has 2 aromatic rings. The third-order valence-electron chi connectivity index (χ3n) is 6.49. The number of para-hydroxylation sites is 1. The van der Waals surface area contributed by atoms with Crippen LogP contribution in [0.3, 0.4) is 0 Å². The second-order valence-corrected chi connectivity index (χ2v) is 8.74. The first kappa shape index (κ1) is 22.8. The summed E-state index contributed by atoms with van der Waals surface area (Å²) in [4.78, 5) is 37.8. The average molecular weight is 451 g/mol. The van der Waals surface area contributed by atoms with Crippen LogP contribution in [0.2, 0.25) is 0 Å². The monoisotopic (exact) mass is 450 g/mol. The zero-order valence-electron chi connectivity index (χ0n) is 18.7. The lowest BCUT2D eigenvalue weighted by atomic mass is 9.87. The first-order chi connectivity index (χ1) is 16.0. The summed E-state index contributed by atoms with van der Waals surface area (Å²) < 4.78 is 5.96. The van der Waals surface area contributed by atoms with Gasteiger partial charge in [0.1, 0.15) is 5.75 Å². The number of amides is 2. The van der Waals surface area contributed by atoms with Crippen molar-refractivity contribution in [3.8, 4) is 5.75 Å². The summed E-state index contributed by atoms with van der Waals surface area (Å²) in [5, 5.41) is 12.0. The third-order valence-corrected chi connectivity index (χ3v) is 6.49. The van der Waals surface area contributed by atoms with E-state index in [1.807, 2.05) is 24.3 Å². The Morgan fingerprint density at radius 3 is 2.45 bits per heavy atom. The maximum Gasteiger partial charge on any atom is 0.321 e. The van der Waals surface area contributed by atoms with Crippen LogP contribution in [0.4, 0.5) is 10.5 Å². The molecule has 0 bridgehead atoms. The molecule has 7 nitrogen and oxygen atoms in total. The molecule has 2 N–H and O–H groups in total. The first-order valence-electron chi connectivity index (χ1n) is 11.7. The van der Waals surface area contributed by atoms with Crippen LogP contribution in [0.15, 0.2) is 48.5 Å². The number of rotatable bonds is 8. The van der Waals surface area contributed by atoms with Gasteiger partial charge in [-0.25, -0.2) is 4.79 Å². The van der Waals surface area contributed by atoms with E-state index in [2.05, 4.69) is 5.32 Å². The van der Waals surface area contributed by atoms with Gasteiger partial charge >= 0.3 is 12.0 Å². The van der Waals surface area contributed by atoms with Gasteiger partial charge in [0.2, 0.25) is 0 Å². The second kappa shape index (κ2) is 10.5. The summed E-state index contributed by atoms with van der Waals surface area (Å²) in [6.07, 6.45) is 4.55. The van der Waals surface area contributed by atoms with E-state index in [4.69, 9.17) is 9.84 Å². The molecule has 0 radical (unpaired) electrons. The van der Waals surface area contributed by atoms with Gasteiger partial charge in [-0.3, -0.25) is 14.5 Å². The maximum atomic E-state index is 12.5. The highest BCUT2D eigenvalue weighted by Gasteiger charge is 2.27. The van der Waals surface area contributed by atoms with Gasteiger partial charge in [-0.1, -0.05) is 18.2 Å². The van der Waals surface area contributed by atoms with E-state index in [1.54, 1.807) is 29.2 Å². The Morgan fingerprint density at radius 1 is 1.00 bits per heavy atom. The average Bonchev–Trinajstić information content (AvgIpc) is 3.27. The van der Waals surface area contributed by atoms with Crippen molar-refractivity contribution in [2.45, 2.75) is 51.0 Å². The highest BCUT2D eigenvalue weighted by Crippen LogP contribution is 2.28. The van der Waals surface area contributed by atoms with Gasteiger partial charge in [0, 0.05) is 30.8 Å². The van der Waals surface area contributed by atoms with Crippen molar-refractivity contribution >= 4 is 23.5 Å². The normalized spacial score (nSPS) is 19.6. The molecular formula is C26H30N2O5. The molecule has 4 rings (SSSR count).